The molecule has 1 N–H and O–H groups in total. The summed E-state index contributed by atoms with van der Waals surface area (Å²) in [5.74, 6) is 0.316. The predicted octanol–water partition coefficient (Wildman–Crippen LogP) is 5.12. The highest BCUT2D eigenvalue weighted by atomic mass is 16.5. The second-order valence-electron chi connectivity index (χ2n) is 11.1. The molecule has 3 aromatic rings. The number of nitrogens with zero attached hydrogens (tertiary/aromatic N) is 3. The molecule has 36 heavy (non-hydrogen) atoms. The molecule has 0 amide bonds. The Morgan fingerprint density at radius 2 is 1.50 bits per heavy atom. The first-order valence-electron chi connectivity index (χ1n) is 12.6. The molecule has 1 heterocycles. The third-order valence-electron chi connectivity index (χ3n) is 6.08. The van der Waals surface area contributed by atoms with Crippen molar-refractivity contribution in [3.8, 4) is 5.75 Å². The Hall–Kier alpha value is -3.35. The lowest BCUT2D eigenvalue weighted by Gasteiger charge is -2.21. The van der Waals surface area contributed by atoms with Gasteiger partial charge in [0.15, 0.2) is 5.60 Å². The SMILES string of the molecule is CCn1c(CCCc2ccc(OC(C)(C)C(=O)O)cc2)nn(Cc2ccc(CC(C)(C)C)cc2)c1=O. The van der Waals surface area contributed by atoms with E-state index >= 15 is 0 Å². The number of hydrogen-bond donors (Lipinski definition) is 1. The second kappa shape index (κ2) is 11.1. The zero-order valence-corrected chi connectivity index (χ0v) is 22.4. The third kappa shape index (κ3) is 7.33. The molecule has 0 aliphatic heterocycles. The molecule has 7 nitrogen and oxygen atoms in total. The lowest BCUT2D eigenvalue weighted by Crippen LogP contribution is -2.37. The van der Waals surface area contributed by atoms with Crippen LogP contribution in [-0.2, 0) is 37.1 Å². The van der Waals surface area contributed by atoms with Gasteiger partial charge in [-0.2, -0.15) is 5.10 Å². The minimum Gasteiger partial charge on any atom is -0.478 e. The van der Waals surface area contributed by atoms with Gasteiger partial charge in [0.2, 0.25) is 0 Å². The van der Waals surface area contributed by atoms with Crippen LogP contribution in [0.25, 0.3) is 0 Å². The van der Waals surface area contributed by atoms with Gasteiger partial charge in [0, 0.05) is 13.0 Å². The van der Waals surface area contributed by atoms with Crippen LogP contribution in [0.2, 0.25) is 0 Å². The minimum absolute atomic E-state index is 0.0752. The number of rotatable bonds is 11. The van der Waals surface area contributed by atoms with E-state index in [1.165, 1.54) is 19.4 Å². The Labute approximate surface area is 213 Å². The van der Waals surface area contributed by atoms with Gasteiger partial charge >= 0.3 is 11.7 Å². The Bertz CT molecular complexity index is 1210. The maximum absolute atomic E-state index is 12.9. The Balaban J connectivity index is 1.61. The van der Waals surface area contributed by atoms with E-state index in [-0.39, 0.29) is 11.1 Å². The van der Waals surface area contributed by atoms with Crippen LogP contribution < -0.4 is 10.4 Å². The Morgan fingerprint density at radius 3 is 2.06 bits per heavy atom. The van der Waals surface area contributed by atoms with Crippen molar-refractivity contribution in [1.29, 1.82) is 0 Å². The summed E-state index contributed by atoms with van der Waals surface area (Å²) in [6, 6.07) is 15.9. The lowest BCUT2D eigenvalue weighted by atomic mass is 9.88. The van der Waals surface area contributed by atoms with E-state index in [0.717, 1.165) is 36.2 Å². The molecule has 0 spiro atoms. The average Bonchev–Trinajstić information content (AvgIpc) is 3.09. The molecule has 0 fully saturated rings. The van der Waals surface area contributed by atoms with Crippen LogP contribution in [-0.4, -0.2) is 31.0 Å². The number of ether oxygens (including phenoxy) is 1. The number of carbonyl (C=O) groups is 1. The molecule has 3 rings (SSSR count). The first-order valence-corrected chi connectivity index (χ1v) is 12.6. The van der Waals surface area contributed by atoms with Crippen molar-refractivity contribution in [1.82, 2.24) is 14.3 Å². The van der Waals surface area contributed by atoms with Crippen LogP contribution in [0.5, 0.6) is 5.75 Å². The average molecular weight is 494 g/mol. The van der Waals surface area contributed by atoms with Crippen molar-refractivity contribution < 1.29 is 14.6 Å². The van der Waals surface area contributed by atoms with E-state index in [2.05, 4.69) is 50.1 Å². The summed E-state index contributed by atoms with van der Waals surface area (Å²) in [5.41, 5.74) is 2.36. The van der Waals surface area contributed by atoms with Crippen molar-refractivity contribution in [3.05, 3.63) is 81.5 Å². The van der Waals surface area contributed by atoms with Crippen LogP contribution in [0, 0.1) is 5.41 Å². The molecular formula is C29H39N3O4. The van der Waals surface area contributed by atoms with Crippen molar-refractivity contribution in [2.24, 2.45) is 5.41 Å². The molecule has 0 radical (unpaired) electrons. The highest BCUT2D eigenvalue weighted by molar-refractivity contribution is 5.76. The summed E-state index contributed by atoms with van der Waals surface area (Å²) in [6.07, 6.45) is 3.38. The molecule has 0 atom stereocenters. The monoisotopic (exact) mass is 493 g/mol. The zero-order chi connectivity index (χ0) is 26.5. The fourth-order valence-corrected chi connectivity index (χ4v) is 4.15. The first kappa shape index (κ1) is 27.2. The van der Waals surface area contributed by atoms with E-state index < -0.39 is 11.6 Å². The van der Waals surface area contributed by atoms with E-state index in [1.54, 1.807) is 21.4 Å². The summed E-state index contributed by atoms with van der Waals surface area (Å²) in [6.45, 7) is 12.8. The predicted molar refractivity (Wildman–Crippen MR) is 142 cm³/mol. The van der Waals surface area contributed by atoms with Gasteiger partial charge in [-0.15, -0.1) is 0 Å². The van der Waals surface area contributed by atoms with Gasteiger partial charge in [0.25, 0.3) is 0 Å². The summed E-state index contributed by atoms with van der Waals surface area (Å²) < 4.78 is 8.88. The van der Waals surface area contributed by atoms with Gasteiger partial charge in [-0.1, -0.05) is 57.2 Å². The molecule has 0 aliphatic carbocycles. The quantitative estimate of drug-likeness (QED) is 0.401. The third-order valence-corrected chi connectivity index (χ3v) is 6.08. The number of carboxylic acids is 1. The lowest BCUT2D eigenvalue weighted by molar-refractivity contribution is -0.152. The number of aromatic nitrogens is 3. The van der Waals surface area contributed by atoms with Gasteiger partial charge in [-0.3, -0.25) is 4.57 Å². The Kier molecular flexibility index (Phi) is 8.43. The number of carboxylic acid groups (broad SMARTS) is 1. The highest BCUT2D eigenvalue weighted by Crippen LogP contribution is 2.21. The van der Waals surface area contributed by atoms with Crippen LogP contribution in [0.3, 0.4) is 0 Å². The van der Waals surface area contributed by atoms with E-state index in [1.807, 2.05) is 19.1 Å². The fourth-order valence-electron chi connectivity index (χ4n) is 4.15. The summed E-state index contributed by atoms with van der Waals surface area (Å²) >= 11 is 0. The van der Waals surface area contributed by atoms with Crippen LogP contribution >= 0.6 is 0 Å². The van der Waals surface area contributed by atoms with E-state index in [4.69, 9.17) is 4.74 Å². The topological polar surface area (TPSA) is 86.3 Å². The van der Waals surface area contributed by atoms with Gasteiger partial charge in [-0.25, -0.2) is 14.3 Å². The molecule has 0 saturated carbocycles. The fraction of sp³-hybridized carbons (Fsp3) is 0.483. The molecule has 0 aliphatic rings. The van der Waals surface area contributed by atoms with Gasteiger partial charge in [-0.05, 0) is 74.3 Å². The van der Waals surface area contributed by atoms with Crippen molar-refractivity contribution in [3.63, 3.8) is 0 Å². The molecule has 7 heteroatoms. The van der Waals surface area contributed by atoms with Crippen LogP contribution in [0.1, 0.15) is 70.5 Å². The highest BCUT2D eigenvalue weighted by Gasteiger charge is 2.29. The van der Waals surface area contributed by atoms with Crippen LogP contribution in [0.15, 0.2) is 53.3 Å². The number of aryl methyl sites for hydroxylation is 2. The second-order valence-corrected chi connectivity index (χ2v) is 11.1. The smallest absolute Gasteiger partial charge is 0.347 e. The summed E-state index contributed by atoms with van der Waals surface area (Å²) in [7, 11) is 0. The normalized spacial score (nSPS) is 12.1. The molecule has 0 unspecified atom stereocenters. The first-order chi connectivity index (χ1) is 16.9. The van der Waals surface area contributed by atoms with Gasteiger partial charge < -0.3 is 9.84 Å². The summed E-state index contributed by atoms with van der Waals surface area (Å²) in [4.78, 5) is 24.2. The van der Waals surface area contributed by atoms with Crippen molar-refractivity contribution >= 4 is 5.97 Å². The zero-order valence-electron chi connectivity index (χ0n) is 22.4. The molecule has 194 valence electrons. The number of hydrogen-bond acceptors (Lipinski definition) is 4. The molecular weight excluding hydrogens is 454 g/mol. The van der Waals surface area contributed by atoms with E-state index in [0.29, 0.717) is 25.3 Å². The number of benzene rings is 2. The van der Waals surface area contributed by atoms with Crippen LogP contribution in [0.4, 0.5) is 0 Å². The maximum atomic E-state index is 12.9. The molecule has 2 aromatic carbocycles. The summed E-state index contributed by atoms with van der Waals surface area (Å²) in [5, 5.41) is 13.9. The van der Waals surface area contributed by atoms with Crippen molar-refractivity contribution in [2.45, 2.75) is 85.9 Å². The van der Waals surface area contributed by atoms with Gasteiger partial charge in [0.1, 0.15) is 11.6 Å². The minimum atomic E-state index is -1.28. The maximum Gasteiger partial charge on any atom is 0.347 e. The number of aliphatic carboxylic acids is 1. The molecule has 0 saturated heterocycles. The standard InChI is InChI=1S/C29H39N3O4/c1-7-31-25(10-8-9-21-15-17-24(18-16-21)36-29(5,6)26(33)34)30-32(27(31)35)20-23-13-11-22(12-14-23)19-28(2,3)4/h11-18H,7-10,19-20H2,1-6H3,(H,33,34). The molecule has 0 bridgehead atoms. The molecule has 1 aromatic heterocycles. The van der Waals surface area contributed by atoms with Crippen molar-refractivity contribution in [2.75, 3.05) is 0 Å². The van der Waals surface area contributed by atoms with Gasteiger partial charge in [0.05, 0.1) is 6.54 Å². The Morgan fingerprint density at radius 1 is 0.917 bits per heavy atom. The van der Waals surface area contributed by atoms with E-state index in [9.17, 15) is 14.7 Å². The largest absolute Gasteiger partial charge is 0.478 e.